The molecule has 76 valence electrons. The molecular weight excluding hydrogens is 184 g/mol. The lowest BCUT2D eigenvalue weighted by molar-refractivity contribution is 1.16. The van der Waals surface area contributed by atoms with Crippen LogP contribution >= 0.6 is 0 Å². The standard InChI is InChI=1S/C13H14N2/c1-14-13-4-2-11(3-5-13)10-12-6-8-15-9-7-12/h2-9,14H,10H2,1H3. The van der Waals surface area contributed by atoms with Crippen molar-refractivity contribution in [3.63, 3.8) is 0 Å². The Morgan fingerprint density at radius 1 is 0.933 bits per heavy atom. The summed E-state index contributed by atoms with van der Waals surface area (Å²) in [5.74, 6) is 0. The predicted molar refractivity (Wildman–Crippen MR) is 63.0 cm³/mol. The number of rotatable bonds is 3. The molecule has 1 aromatic heterocycles. The van der Waals surface area contributed by atoms with E-state index in [9.17, 15) is 0 Å². The minimum absolute atomic E-state index is 0.965. The van der Waals surface area contributed by atoms with Crippen molar-refractivity contribution in [1.29, 1.82) is 0 Å². The Labute approximate surface area is 90.0 Å². The van der Waals surface area contributed by atoms with Crippen molar-refractivity contribution in [2.75, 3.05) is 12.4 Å². The summed E-state index contributed by atoms with van der Waals surface area (Å²) in [5.41, 5.74) is 3.76. The summed E-state index contributed by atoms with van der Waals surface area (Å²) in [6.07, 6.45) is 4.63. The molecule has 0 spiro atoms. The second kappa shape index (κ2) is 4.60. The van der Waals surface area contributed by atoms with E-state index in [1.54, 1.807) is 0 Å². The average Bonchev–Trinajstić information content (AvgIpc) is 2.31. The number of hydrogen-bond donors (Lipinski definition) is 1. The predicted octanol–water partition coefficient (Wildman–Crippen LogP) is 2.71. The largest absolute Gasteiger partial charge is 0.388 e. The Bertz CT molecular complexity index is 406. The molecule has 1 N–H and O–H groups in total. The first-order valence-corrected chi connectivity index (χ1v) is 5.04. The first-order chi connectivity index (χ1) is 7.38. The fourth-order valence-electron chi connectivity index (χ4n) is 1.53. The number of pyridine rings is 1. The Kier molecular flexibility index (Phi) is 2.98. The maximum atomic E-state index is 4.00. The van der Waals surface area contributed by atoms with Crippen LogP contribution in [0.4, 0.5) is 5.69 Å². The Balaban J connectivity index is 2.11. The molecule has 0 unspecified atom stereocenters. The van der Waals surface area contributed by atoms with Crippen molar-refractivity contribution in [3.05, 3.63) is 59.9 Å². The summed E-state index contributed by atoms with van der Waals surface area (Å²) >= 11 is 0. The van der Waals surface area contributed by atoms with E-state index >= 15 is 0 Å². The molecule has 2 rings (SSSR count). The van der Waals surface area contributed by atoms with Crippen molar-refractivity contribution in [1.82, 2.24) is 4.98 Å². The zero-order valence-corrected chi connectivity index (χ0v) is 8.77. The molecule has 15 heavy (non-hydrogen) atoms. The maximum absolute atomic E-state index is 4.00. The summed E-state index contributed by atoms with van der Waals surface area (Å²) in [7, 11) is 1.93. The van der Waals surface area contributed by atoms with Crippen LogP contribution in [0.1, 0.15) is 11.1 Å². The number of benzene rings is 1. The van der Waals surface area contributed by atoms with E-state index in [1.807, 2.05) is 31.6 Å². The quantitative estimate of drug-likeness (QED) is 0.820. The van der Waals surface area contributed by atoms with Crippen LogP contribution in [0.5, 0.6) is 0 Å². The van der Waals surface area contributed by atoms with Gasteiger partial charge in [0.25, 0.3) is 0 Å². The summed E-state index contributed by atoms with van der Waals surface area (Å²) in [6.45, 7) is 0. The minimum Gasteiger partial charge on any atom is -0.388 e. The molecule has 1 heterocycles. The topological polar surface area (TPSA) is 24.9 Å². The molecular formula is C13H14N2. The number of nitrogens with one attached hydrogen (secondary N) is 1. The van der Waals surface area contributed by atoms with Gasteiger partial charge in [0.1, 0.15) is 0 Å². The van der Waals surface area contributed by atoms with Gasteiger partial charge in [0.2, 0.25) is 0 Å². The lowest BCUT2D eigenvalue weighted by Crippen LogP contribution is -1.90. The summed E-state index contributed by atoms with van der Waals surface area (Å²) < 4.78 is 0. The third kappa shape index (κ3) is 2.56. The Morgan fingerprint density at radius 3 is 2.13 bits per heavy atom. The van der Waals surface area contributed by atoms with E-state index < -0.39 is 0 Å². The van der Waals surface area contributed by atoms with Gasteiger partial charge in [-0.1, -0.05) is 12.1 Å². The molecule has 0 saturated heterocycles. The molecule has 2 nitrogen and oxygen atoms in total. The number of nitrogens with zero attached hydrogens (tertiary/aromatic N) is 1. The van der Waals surface area contributed by atoms with E-state index in [1.165, 1.54) is 11.1 Å². The van der Waals surface area contributed by atoms with E-state index in [4.69, 9.17) is 0 Å². The van der Waals surface area contributed by atoms with Crippen LogP contribution in [0.3, 0.4) is 0 Å². The second-order valence-electron chi connectivity index (χ2n) is 3.48. The Hall–Kier alpha value is -1.83. The van der Waals surface area contributed by atoms with Gasteiger partial charge in [-0.15, -0.1) is 0 Å². The third-order valence-corrected chi connectivity index (χ3v) is 2.40. The molecule has 0 aliphatic carbocycles. The van der Waals surface area contributed by atoms with Crippen LogP contribution in [0, 0.1) is 0 Å². The third-order valence-electron chi connectivity index (χ3n) is 2.40. The van der Waals surface area contributed by atoms with E-state index in [-0.39, 0.29) is 0 Å². The summed E-state index contributed by atoms with van der Waals surface area (Å²) in [5, 5.41) is 3.11. The minimum atomic E-state index is 0.965. The molecule has 0 fully saturated rings. The SMILES string of the molecule is CNc1ccc(Cc2ccncc2)cc1. The van der Waals surface area contributed by atoms with E-state index in [0.29, 0.717) is 0 Å². The molecule has 2 heteroatoms. The van der Waals surface area contributed by atoms with Gasteiger partial charge in [-0.25, -0.2) is 0 Å². The zero-order valence-electron chi connectivity index (χ0n) is 8.77. The first kappa shape index (κ1) is 9.71. The smallest absolute Gasteiger partial charge is 0.0337 e. The van der Waals surface area contributed by atoms with Crippen LogP contribution in [-0.4, -0.2) is 12.0 Å². The van der Waals surface area contributed by atoms with Crippen molar-refractivity contribution in [2.24, 2.45) is 0 Å². The van der Waals surface area contributed by atoms with Crippen LogP contribution in [0.25, 0.3) is 0 Å². The summed E-state index contributed by atoms with van der Waals surface area (Å²) in [6, 6.07) is 12.6. The highest BCUT2D eigenvalue weighted by Crippen LogP contribution is 2.12. The highest BCUT2D eigenvalue weighted by molar-refractivity contribution is 5.44. The highest BCUT2D eigenvalue weighted by atomic mass is 14.8. The fourth-order valence-corrected chi connectivity index (χ4v) is 1.53. The molecule has 1 aromatic carbocycles. The van der Waals surface area contributed by atoms with Crippen LogP contribution in [0.2, 0.25) is 0 Å². The monoisotopic (exact) mass is 198 g/mol. The number of hydrogen-bond acceptors (Lipinski definition) is 2. The van der Waals surface area contributed by atoms with Gasteiger partial charge in [0.05, 0.1) is 0 Å². The molecule has 0 amide bonds. The van der Waals surface area contributed by atoms with Crippen LogP contribution in [-0.2, 0) is 6.42 Å². The zero-order chi connectivity index (χ0) is 10.5. The lowest BCUT2D eigenvalue weighted by Gasteiger charge is -2.03. The number of anilines is 1. The van der Waals surface area contributed by atoms with Crippen molar-refractivity contribution in [2.45, 2.75) is 6.42 Å². The lowest BCUT2D eigenvalue weighted by atomic mass is 10.1. The summed E-state index contributed by atoms with van der Waals surface area (Å²) in [4.78, 5) is 4.00. The highest BCUT2D eigenvalue weighted by Gasteiger charge is 1.95. The van der Waals surface area contributed by atoms with Crippen LogP contribution < -0.4 is 5.32 Å². The first-order valence-electron chi connectivity index (χ1n) is 5.04. The van der Waals surface area contributed by atoms with Crippen molar-refractivity contribution in [3.8, 4) is 0 Å². The van der Waals surface area contributed by atoms with E-state index in [0.717, 1.165) is 12.1 Å². The molecule has 2 aromatic rings. The maximum Gasteiger partial charge on any atom is 0.0337 e. The molecule has 0 atom stereocenters. The van der Waals surface area contributed by atoms with Gasteiger partial charge in [-0.05, 0) is 41.8 Å². The van der Waals surface area contributed by atoms with Gasteiger partial charge in [0.15, 0.2) is 0 Å². The van der Waals surface area contributed by atoms with Crippen molar-refractivity contribution < 1.29 is 0 Å². The molecule has 0 aliphatic rings. The van der Waals surface area contributed by atoms with Crippen molar-refractivity contribution >= 4 is 5.69 Å². The Morgan fingerprint density at radius 2 is 1.53 bits per heavy atom. The van der Waals surface area contributed by atoms with Gasteiger partial charge in [-0.2, -0.15) is 0 Å². The molecule has 0 aliphatic heterocycles. The molecule has 0 saturated carbocycles. The average molecular weight is 198 g/mol. The molecule has 0 radical (unpaired) electrons. The number of aromatic nitrogens is 1. The van der Waals surface area contributed by atoms with Gasteiger partial charge < -0.3 is 5.32 Å². The van der Waals surface area contributed by atoms with Gasteiger partial charge in [-0.3, -0.25) is 4.98 Å². The molecule has 0 bridgehead atoms. The van der Waals surface area contributed by atoms with Gasteiger partial charge in [0, 0.05) is 25.1 Å². The van der Waals surface area contributed by atoms with Gasteiger partial charge >= 0.3 is 0 Å². The van der Waals surface area contributed by atoms with E-state index in [2.05, 4.69) is 34.6 Å². The normalized spacial score (nSPS) is 9.93. The second-order valence-corrected chi connectivity index (χ2v) is 3.48. The fraction of sp³-hybridized carbons (Fsp3) is 0.154. The van der Waals surface area contributed by atoms with Crippen LogP contribution in [0.15, 0.2) is 48.8 Å².